The average molecular weight is 415 g/mol. The van der Waals surface area contributed by atoms with Crippen molar-refractivity contribution < 1.29 is 14.4 Å². The van der Waals surface area contributed by atoms with E-state index in [1.54, 1.807) is 13.8 Å². The summed E-state index contributed by atoms with van der Waals surface area (Å²) in [6.45, 7) is 9.16. The highest BCUT2D eigenvalue weighted by Crippen LogP contribution is 2.35. The maximum Gasteiger partial charge on any atom is 0.325 e. The van der Waals surface area contributed by atoms with Crippen LogP contribution < -0.4 is 5.32 Å². The van der Waals surface area contributed by atoms with Crippen LogP contribution in [0.1, 0.15) is 52.0 Å². The Hall–Kier alpha value is -3.47. The number of fused-ring (bicyclic) bond motifs is 1. The van der Waals surface area contributed by atoms with Crippen LogP contribution in [0.25, 0.3) is 10.8 Å². The largest absolute Gasteiger partial charge is 0.325 e. The average Bonchev–Trinajstić information content (AvgIpc) is 2.93. The maximum atomic E-state index is 13.6. The smallest absolute Gasteiger partial charge is 0.319 e. The fourth-order valence-electron chi connectivity index (χ4n) is 4.85. The van der Waals surface area contributed by atoms with Crippen molar-refractivity contribution >= 4 is 28.5 Å². The van der Waals surface area contributed by atoms with Crippen molar-refractivity contribution in [1.82, 2.24) is 10.2 Å². The van der Waals surface area contributed by atoms with Crippen molar-refractivity contribution in [2.45, 2.75) is 46.7 Å². The third-order valence-electron chi connectivity index (χ3n) is 6.40. The minimum absolute atomic E-state index is 0.0194. The van der Waals surface area contributed by atoms with Crippen molar-refractivity contribution in [2.24, 2.45) is 0 Å². The normalized spacial score (nSPS) is 18.5. The lowest BCUT2D eigenvalue weighted by Gasteiger charge is -2.24. The Kier molecular flexibility index (Phi) is 4.92. The first-order valence-corrected chi connectivity index (χ1v) is 10.4. The highest BCUT2D eigenvalue weighted by Gasteiger charge is 2.49. The molecule has 1 fully saturated rings. The number of carbonyl (C=O) groups excluding carboxylic acids is 3. The highest BCUT2D eigenvalue weighted by atomic mass is 16.2. The molecule has 3 aromatic rings. The summed E-state index contributed by atoms with van der Waals surface area (Å²) >= 11 is 0. The Balaban J connectivity index is 1.77. The van der Waals surface area contributed by atoms with E-state index in [1.807, 2.05) is 69.3 Å². The molecule has 3 aromatic carbocycles. The Bertz CT molecular complexity index is 1260. The number of aryl methyl sites for hydroxylation is 2. The summed E-state index contributed by atoms with van der Waals surface area (Å²) in [6, 6.07) is 15.1. The predicted octanol–water partition coefficient (Wildman–Crippen LogP) is 4.93. The number of hydrogen-bond acceptors (Lipinski definition) is 3. The zero-order chi connectivity index (χ0) is 22.5. The van der Waals surface area contributed by atoms with Gasteiger partial charge in [-0.05, 0) is 73.2 Å². The van der Waals surface area contributed by atoms with E-state index >= 15 is 0 Å². The van der Waals surface area contributed by atoms with Gasteiger partial charge in [0.15, 0.2) is 5.78 Å². The van der Waals surface area contributed by atoms with Gasteiger partial charge in [0, 0.05) is 5.56 Å². The molecular weight excluding hydrogens is 388 g/mol. The number of amides is 3. The third-order valence-corrected chi connectivity index (χ3v) is 6.40. The Morgan fingerprint density at radius 1 is 1.00 bits per heavy atom. The summed E-state index contributed by atoms with van der Waals surface area (Å²) in [7, 11) is 0. The van der Waals surface area contributed by atoms with Gasteiger partial charge in [-0.2, -0.15) is 0 Å². The van der Waals surface area contributed by atoms with Crippen molar-refractivity contribution in [3.8, 4) is 0 Å². The molecule has 1 saturated heterocycles. The van der Waals surface area contributed by atoms with Gasteiger partial charge in [-0.15, -0.1) is 0 Å². The molecule has 0 bridgehead atoms. The van der Waals surface area contributed by atoms with Crippen LogP contribution in [0.5, 0.6) is 0 Å². The second-order valence-electron chi connectivity index (χ2n) is 8.52. The van der Waals surface area contributed by atoms with E-state index in [2.05, 4.69) is 5.32 Å². The molecule has 1 atom stereocenters. The molecule has 0 aromatic heterocycles. The van der Waals surface area contributed by atoms with Crippen LogP contribution in [0.3, 0.4) is 0 Å². The van der Waals surface area contributed by atoms with Gasteiger partial charge in [0.05, 0.1) is 6.54 Å². The summed E-state index contributed by atoms with van der Waals surface area (Å²) in [5.74, 6) is -0.313. The first kappa shape index (κ1) is 20.8. The van der Waals surface area contributed by atoms with Gasteiger partial charge < -0.3 is 5.32 Å². The molecule has 5 nitrogen and oxygen atoms in total. The number of hydrogen-bond donors (Lipinski definition) is 1. The molecule has 3 amide bonds. The summed E-state index contributed by atoms with van der Waals surface area (Å²) in [4.78, 5) is 39.9. The van der Waals surface area contributed by atoms with Gasteiger partial charge in [-0.25, -0.2) is 4.79 Å². The minimum Gasteiger partial charge on any atom is -0.319 e. The highest BCUT2D eigenvalue weighted by molar-refractivity contribution is 6.09. The first-order chi connectivity index (χ1) is 14.6. The number of nitrogens with zero attached hydrogens (tertiary/aromatic N) is 1. The number of benzene rings is 3. The number of Topliss-reactive ketones (excluding diaryl/α,β-unsaturated/α-hetero) is 1. The zero-order valence-corrected chi connectivity index (χ0v) is 18.5. The van der Waals surface area contributed by atoms with Crippen molar-refractivity contribution in [2.75, 3.05) is 0 Å². The van der Waals surface area contributed by atoms with Crippen LogP contribution in [0, 0.1) is 20.8 Å². The number of nitrogens with one attached hydrogen (secondary N) is 1. The van der Waals surface area contributed by atoms with Crippen LogP contribution in [0.2, 0.25) is 0 Å². The lowest BCUT2D eigenvalue weighted by Crippen LogP contribution is -2.41. The van der Waals surface area contributed by atoms with E-state index in [4.69, 9.17) is 0 Å². The van der Waals surface area contributed by atoms with E-state index in [1.165, 1.54) is 4.90 Å². The standard InChI is InChI=1S/C26H26N2O3/c1-15-13-16(2)23(18(4)29)17(3)21(15)14-28-24(30)26(5,27-25(28)31)22-12-8-10-19-9-6-7-11-20(19)22/h6-13H,14H2,1-5H3,(H,27,31)/t26-/m0/s1. The minimum atomic E-state index is -1.16. The van der Waals surface area contributed by atoms with Crippen LogP contribution in [0.15, 0.2) is 48.5 Å². The number of urea groups is 1. The Morgan fingerprint density at radius 3 is 2.39 bits per heavy atom. The van der Waals surface area contributed by atoms with Crippen molar-refractivity contribution in [3.05, 3.63) is 81.9 Å². The lowest BCUT2D eigenvalue weighted by molar-refractivity contribution is -0.131. The third kappa shape index (κ3) is 3.21. The Labute approximate surface area is 182 Å². The number of ketones is 1. The van der Waals surface area contributed by atoms with Crippen molar-refractivity contribution in [3.63, 3.8) is 0 Å². The molecule has 31 heavy (non-hydrogen) atoms. The molecule has 1 heterocycles. The molecule has 5 heteroatoms. The van der Waals surface area contributed by atoms with E-state index < -0.39 is 11.6 Å². The molecule has 1 aliphatic heterocycles. The predicted molar refractivity (Wildman–Crippen MR) is 121 cm³/mol. The summed E-state index contributed by atoms with van der Waals surface area (Å²) < 4.78 is 0. The molecule has 1 aliphatic rings. The summed E-state index contributed by atoms with van der Waals surface area (Å²) in [6.07, 6.45) is 0. The molecule has 158 valence electrons. The van der Waals surface area contributed by atoms with Gasteiger partial charge in [0.25, 0.3) is 5.91 Å². The van der Waals surface area contributed by atoms with E-state index in [9.17, 15) is 14.4 Å². The molecule has 1 N–H and O–H groups in total. The van der Waals surface area contributed by atoms with Gasteiger partial charge in [-0.3, -0.25) is 14.5 Å². The lowest BCUT2D eigenvalue weighted by atomic mass is 9.87. The van der Waals surface area contributed by atoms with Gasteiger partial charge in [0.1, 0.15) is 5.54 Å². The number of imide groups is 1. The topological polar surface area (TPSA) is 66.5 Å². The van der Waals surface area contributed by atoms with Gasteiger partial charge >= 0.3 is 6.03 Å². The SMILES string of the molecule is CC(=O)c1c(C)cc(C)c(CN2C(=O)N[C@@](C)(c3cccc4ccccc34)C2=O)c1C. The second kappa shape index (κ2) is 7.34. The van der Waals surface area contributed by atoms with Crippen LogP contribution in [-0.4, -0.2) is 22.6 Å². The van der Waals surface area contributed by atoms with Crippen LogP contribution >= 0.6 is 0 Å². The summed E-state index contributed by atoms with van der Waals surface area (Å²) in [5, 5.41) is 4.86. The van der Waals surface area contributed by atoms with Crippen LogP contribution in [0.4, 0.5) is 4.79 Å². The first-order valence-electron chi connectivity index (χ1n) is 10.4. The molecular formula is C26H26N2O3. The van der Waals surface area contributed by atoms with E-state index in [0.717, 1.165) is 38.6 Å². The molecule has 0 unspecified atom stereocenters. The van der Waals surface area contributed by atoms with E-state index in [-0.39, 0.29) is 18.2 Å². The zero-order valence-electron chi connectivity index (χ0n) is 18.5. The van der Waals surface area contributed by atoms with Crippen molar-refractivity contribution in [1.29, 1.82) is 0 Å². The van der Waals surface area contributed by atoms with Gasteiger partial charge in [0.2, 0.25) is 0 Å². The fourth-order valence-corrected chi connectivity index (χ4v) is 4.85. The number of carbonyl (C=O) groups is 3. The Morgan fingerprint density at radius 2 is 1.68 bits per heavy atom. The maximum absolute atomic E-state index is 13.6. The quantitative estimate of drug-likeness (QED) is 0.486. The summed E-state index contributed by atoms with van der Waals surface area (Å²) in [5.41, 5.74) is 3.79. The monoisotopic (exact) mass is 414 g/mol. The molecule has 4 rings (SSSR count). The molecule has 0 aliphatic carbocycles. The molecule has 0 saturated carbocycles. The molecule has 0 radical (unpaired) electrons. The fraction of sp³-hybridized carbons (Fsp3) is 0.269. The second-order valence-corrected chi connectivity index (χ2v) is 8.52. The molecule has 0 spiro atoms. The number of rotatable bonds is 4. The van der Waals surface area contributed by atoms with Crippen LogP contribution in [-0.2, 0) is 16.9 Å². The van der Waals surface area contributed by atoms with E-state index in [0.29, 0.717) is 5.56 Å². The van der Waals surface area contributed by atoms with Gasteiger partial charge in [-0.1, -0.05) is 48.5 Å².